The third-order valence-electron chi connectivity index (χ3n) is 6.85. The molecule has 0 radical (unpaired) electrons. The summed E-state index contributed by atoms with van der Waals surface area (Å²) >= 11 is 0. The van der Waals surface area contributed by atoms with E-state index >= 15 is 0 Å². The highest BCUT2D eigenvalue weighted by molar-refractivity contribution is 6.03. The van der Waals surface area contributed by atoms with E-state index in [-0.39, 0.29) is 11.8 Å². The minimum Gasteiger partial charge on any atom is -0.339 e. The molecule has 1 saturated heterocycles. The highest BCUT2D eigenvalue weighted by Gasteiger charge is 2.24. The molecule has 190 valence electrons. The fourth-order valence-corrected chi connectivity index (χ4v) is 4.70. The molecule has 3 aromatic rings. The van der Waals surface area contributed by atoms with E-state index in [2.05, 4.69) is 65.5 Å². The molecule has 1 aromatic carbocycles. The number of carbonyl (C=O) groups excluding carboxylic acids is 2. The minimum atomic E-state index is -0.244. The maximum atomic E-state index is 13.0. The maximum absolute atomic E-state index is 13.0. The summed E-state index contributed by atoms with van der Waals surface area (Å²) in [6.45, 7) is 5.96. The van der Waals surface area contributed by atoms with E-state index < -0.39 is 0 Å². The minimum absolute atomic E-state index is 0.0188. The number of nitrogens with one attached hydrogen (secondary N) is 1. The van der Waals surface area contributed by atoms with Gasteiger partial charge in [0.05, 0.1) is 0 Å². The number of benzene rings is 1. The molecule has 4 rings (SSSR count). The van der Waals surface area contributed by atoms with Crippen LogP contribution < -0.4 is 5.32 Å². The Hall–Kier alpha value is -4.06. The molecule has 37 heavy (non-hydrogen) atoms. The van der Waals surface area contributed by atoms with Gasteiger partial charge in [0, 0.05) is 43.3 Å². The molecular weight excluding hydrogens is 460 g/mol. The van der Waals surface area contributed by atoms with Crippen LogP contribution in [0.5, 0.6) is 0 Å². The van der Waals surface area contributed by atoms with Crippen molar-refractivity contribution in [1.29, 1.82) is 0 Å². The molecule has 1 N–H and O–H groups in total. The van der Waals surface area contributed by atoms with Crippen molar-refractivity contribution in [3.63, 3.8) is 0 Å². The SMILES string of the molecule is CC/C(=C\C1CCCN(C(=O)/C=C/c2ccc(NC(=O)c3ccncc3)nc2)CC1C)c1ccccc1. The summed E-state index contributed by atoms with van der Waals surface area (Å²) in [6.07, 6.45) is 13.7. The highest BCUT2D eigenvalue weighted by Crippen LogP contribution is 2.29. The number of hydrogen-bond acceptors (Lipinski definition) is 4. The van der Waals surface area contributed by atoms with Gasteiger partial charge in [-0.05, 0) is 78.1 Å². The van der Waals surface area contributed by atoms with Crippen molar-refractivity contribution in [3.05, 3.63) is 102 Å². The van der Waals surface area contributed by atoms with Crippen LogP contribution in [0.15, 0.2) is 85.3 Å². The van der Waals surface area contributed by atoms with E-state index in [0.717, 1.165) is 37.9 Å². The first-order valence-corrected chi connectivity index (χ1v) is 12.9. The monoisotopic (exact) mass is 494 g/mol. The van der Waals surface area contributed by atoms with Gasteiger partial charge in [0.1, 0.15) is 5.82 Å². The van der Waals surface area contributed by atoms with Gasteiger partial charge in [-0.15, -0.1) is 0 Å². The second kappa shape index (κ2) is 12.8. The zero-order valence-electron chi connectivity index (χ0n) is 21.5. The Morgan fingerprint density at radius 3 is 2.54 bits per heavy atom. The normalized spacial score (nSPS) is 18.4. The molecule has 0 aliphatic carbocycles. The largest absolute Gasteiger partial charge is 0.339 e. The van der Waals surface area contributed by atoms with Crippen LogP contribution in [-0.4, -0.2) is 39.8 Å². The zero-order valence-corrected chi connectivity index (χ0v) is 21.5. The van der Waals surface area contributed by atoms with Crippen molar-refractivity contribution in [2.24, 2.45) is 11.8 Å². The van der Waals surface area contributed by atoms with Crippen molar-refractivity contribution in [2.75, 3.05) is 18.4 Å². The number of carbonyl (C=O) groups is 2. The van der Waals surface area contributed by atoms with E-state index in [0.29, 0.717) is 23.2 Å². The summed E-state index contributed by atoms with van der Waals surface area (Å²) in [5, 5.41) is 2.76. The molecule has 3 heterocycles. The summed E-state index contributed by atoms with van der Waals surface area (Å²) in [6, 6.07) is 17.4. The fraction of sp³-hybridized carbons (Fsp3) is 0.290. The average molecular weight is 495 g/mol. The molecule has 2 amide bonds. The Bertz CT molecular complexity index is 1240. The van der Waals surface area contributed by atoms with Crippen LogP contribution in [0, 0.1) is 11.8 Å². The van der Waals surface area contributed by atoms with Gasteiger partial charge in [0.25, 0.3) is 5.91 Å². The molecule has 0 spiro atoms. The molecule has 0 bridgehead atoms. The van der Waals surface area contributed by atoms with Gasteiger partial charge in [-0.3, -0.25) is 14.6 Å². The number of allylic oxidation sites excluding steroid dienone is 2. The number of pyridine rings is 2. The predicted octanol–water partition coefficient (Wildman–Crippen LogP) is 6.11. The zero-order chi connectivity index (χ0) is 26.0. The van der Waals surface area contributed by atoms with Gasteiger partial charge in [0.2, 0.25) is 5.91 Å². The van der Waals surface area contributed by atoms with Gasteiger partial charge in [-0.2, -0.15) is 0 Å². The first kappa shape index (κ1) is 26.0. The van der Waals surface area contributed by atoms with E-state index in [9.17, 15) is 9.59 Å². The van der Waals surface area contributed by atoms with Crippen LogP contribution >= 0.6 is 0 Å². The lowest BCUT2D eigenvalue weighted by Crippen LogP contribution is -2.33. The topological polar surface area (TPSA) is 75.2 Å². The third kappa shape index (κ3) is 7.23. The van der Waals surface area contributed by atoms with Crippen LogP contribution in [0.2, 0.25) is 0 Å². The molecule has 1 aliphatic rings. The quantitative estimate of drug-likeness (QED) is 0.402. The smallest absolute Gasteiger partial charge is 0.256 e. The molecular formula is C31H34N4O2. The Morgan fingerprint density at radius 2 is 1.84 bits per heavy atom. The summed E-state index contributed by atoms with van der Waals surface area (Å²) in [4.78, 5) is 35.4. The first-order valence-electron chi connectivity index (χ1n) is 12.9. The Balaban J connectivity index is 1.34. The molecule has 0 saturated carbocycles. The Kier molecular flexibility index (Phi) is 8.98. The average Bonchev–Trinajstić information content (AvgIpc) is 3.13. The van der Waals surface area contributed by atoms with Gasteiger partial charge >= 0.3 is 0 Å². The van der Waals surface area contributed by atoms with Crippen LogP contribution in [0.3, 0.4) is 0 Å². The van der Waals surface area contributed by atoms with E-state index in [1.165, 1.54) is 11.1 Å². The number of anilines is 1. The standard InChI is InChI=1S/C31H34N4O2/c1-3-25(26-8-5-4-6-9-26)20-28-10-7-19-35(22-23(28)2)30(36)14-12-24-11-13-29(33-21-24)34-31(37)27-15-17-32-18-16-27/h4-6,8-9,11-18,20-21,23,28H,3,7,10,19,22H2,1-2H3,(H,33,34,37)/b14-12+,25-20+. The van der Waals surface area contributed by atoms with E-state index in [1.807, 2.05) is 11.0 Å². The predicted molar refractivity (Wildman–Crippen MR) is 149 cm³/mol. The second-order valence-electron chi connectivity index (χ2n) is 9.48. The molecule has 2 aromatic heterocycles. The van der Waals surface area contributed by atoms with Gasteiger partial charge in [-0.1, -0.05) is 50.3 Å². The van der Waals surface area contributed by atoms with Crippen molar-refractivity contribution in [3.8, 4) is 0 Å². The number of amides is 2. The lowest BCUT2D eigenvalue weighted by atomic mass is 9.87. The molecule has 1 aliphatic heterocycles. The van der Waals surface area contributed by atoms with Crippen molar-refractivity contribution >= 4 is 29.3 Å². The van der Waals surface area contributed by atoms with E-state index in [4.69, 9.17) is 0 Å². The van der Waals surface area contributed by atoms with E-state index in [1.54, 1.807) is 48.9 Å². The molecule has 6 heteroatoms. The number of aromatic nitrogens is 2. The van der Waals surface area contributed by atoms with Crippen LogP contribution in [0.1, 0.15) is 54.6 Å². The lowest BCUT2D eigenvalue weighted by molar-refractivity contribution is -0.126. The van der Waals surface area contributed by atoms with Crippen molar-refractivity contribution in [1.82, 2.24) is 14.9 Å². The van der Waals surface area contributed by atoms with Crippen LogP contribution in [-0.2, 0) is 4.79 Å². The maximum Gasteiger partial charge on any atom is 0.256 e. The second-order valence-corrected chi connectivity index (χ2v) is 9.48. The number of likely N-dealkylation sites (tertiary alicyclic amines) is 1. The number of hydrogen-bond donors (Lipinski definition) is 1. The summed E-state index contributed by atoms with van der Waals surface area (Å²) in [5.74, 6) is 1.07. The third-order valence-corrected chi connectivity index (χ3v) is 6.85. The van der Waals surface area contributed by atoms with Gasteiger partial charge in [0.15, 0.2) is 0 Å². The first-order chi connectivity index (χ1) is 18.0. The van der Waals surface area contributed by atoms with Gasteiger partial charge < -0.3 is 10.2 Å². The molecule has 1 fully saturated rings. The lowest BCUT2D eigenvalue weighted by Gasteiger charge is -2.24. The summed E-state index contributed by atoms with van der Waals surface area (Å²) in [7, 11) is 0. The summed E-state index contributed by atoms with van der Waals surface area (Å²) in [5.41, 5.74) is 3.98. The van der Waals surface area contributed by atoms with Gasteiger partial charge in [-0.25, -0.2) is 4.98 Å². The molecule has 2 unspecified atom stereocenters. The highest BCUT2D eigenvalue weighted by atomic mass is 16.2. The Labute approximate surface area is 219 Å². The number of nitrogens with zero attached hydrogens (tertiary/aromatic N) is 3. The van der Waals surface area contributed by atoms with Crippen LogP contribution in [0.4, 0.5) is 5.82 Å². The fourth-order valence-electron chi connectivity index (χ4n) is 4.70. The summed E-state index contributed by atoms with van der Waals surface area (Å²) < 4.78 is 0. The molecule has 2 atom stereocenters. The van der Waals surface area contributed by atoms with Crippen LogP contribution in [0.25, 0.3) is 11.6 Å². The molecule has 6 nitrogen and oxygen atoms in total. The van der Waals surface area contributed by atoms with Crippen molar-refractivity contribution in [2.45, 2.75) is 33.1 Å². The van der Waals surface area contributed by atoms with Crippen molar-refractivity contribution < 1.29 is 9.59 Å². The Morgan fingerprint density at radius 1 is 1.05 bits per heavy atom. The number of rotatable bonds is 7.